The highest BCUT2D eigenvalue weighted by Crippen LogP contribution is 2.59. The van der Waals surface area contributed by atoms with Crippen molar-refractivity contribution in [2.24, 2.45) is 11.8 Å². The highest BCUT2D eigenvalue weighted by Gasteiger charge is 2.72. The minimum Gasteiger partial charge on any atom is -0.443 e. The van der Waals surface area contributed by atoms with Gasteiger partial charge >= 0.3 is 6.09 Å². The summed E-state index contributed by atoms with van der Waals surface area (Å²) < 4.78 is 24.1. The van der Waals surface area contributed by atoms with Gasteiger partial charge in [0.15, 0.2) is 0 Å². The number of carbonyl (C=O) groups is 1. The van der Waals surface area contributed by atoms with Gasteiger partial charge in [-0.25, -0.2) is 4.79 Å². The molecule has 1 aliphatic carbocycles. The zero-order chi connectivity index (χ0) is 19.2. The Kier molecular flexibility index (Phi) is 5.19. The number of nitrogens with zero attached hydrogens (tertiary/aromatic N) is 1. The molecule has 1 saturated carbocycles. The molecule has 1 spiro atoms. The summed E-state index contributed by atoms with van der Waals surface area (Å²) in [6.45, 7) is 9.06. The zero-order valence-corrected chi connectivity index (χ0v) is 17.2. The summed E-state index contributed by atoms with van der Waals surface area (Å²) in [5, 5.41) is 0. The molecule has 3 saturated heterocycles. The van der Waals surface area contributed by atoms with Crippen LogP contribution < -0.4 is 0 Å². The van der Waals surface area contributed by atoms with Crippen molar-refractivity contribution in [3.05, 3.63) is 0 Å². The molecule has 0 aromatic carbocycles. The van der Waals surface area contributed by atoms with Crippen molar-refractivity contribution in [1.82, 2.24) is 4.90 Å². The SMILES string of the molecule is COC1C(OC(=O)N2CCCC2)CCC2(CO2)C1C1(C)OC1CCC(C)C. The molecular formula is C21H35NO5. The van der Waals surface area contributed by atoms with Crippen molar-refractivity contribution in [3.63, 3.8) is 0 Å². The Morgan fingerprint density at radius 1 is 1.30 bits per heavy atom. The Morgan fingerprint density at radius 2 is 2.00 bits per heavy atom. The van der Waals surface area contributed by atoms with Crippen LogP contribution >= 0.6 is 0 Å². The molecule has 6 heteroatoms. The van der Waals surface area contributed by atoms with E-state index in [0.29, 0.717) is 5.92 Å². The van der Waals surface area contributed by atoms with Gasteiger partial charge in [0.1, 0.15) is 23.4 Å². The number of hydrogen-bond donors (Lipinski definition) is 0. The van der Waals surface area contributed by atoms with Gasteiger partial charge in [-0.15, -0.1) is 0 Å². The first-order valence-electron chi connectivity index (χ1n) is 10.7. The van der Waals surface area contributed by atoms with Gasteiger partial charge in [0.05, 0.1) is 18.6 Å². The molecule has 6 atom stereocenters. The maximum Gasteiger partial charge on any atom is 0.410 e. The Balaban J connectivity index is 1.46. The normalized spacial score (nSPS) is 43.4. The first-order chi connectivity index (χ1) is 12.9. The van der Waals surface area contributed by atoms with Crippen LogP contribution in [-0.2, 0) is 18.9 Å². The molecule has 1 amide bonds. The van der Waals surface area contributed by atoms with E-state index in [-0.39, 0.29) is 41.5 Å². The molecule has 3 heterocycles. The van der Waals surface area contributed by atoms with Gasteiger partial charge in [0.25, 0.3) is 0 Å². The molecule has 6 unspecified atom stereocenters. The molecule has 154 valence electrons. The van der Waals surface area contributed by atoms with Crippen LogP contribution in [0.1, 0.15) is 59.3 Å². The van der Waals surface area contributed by atoms with Crippen LogP contribution in [0.15, 0.2) is 0 Å². The highest BCUT2D eigenvalue weighted by atomic mass is 16.6. The molecule has 0 aromatic heterocycles. The van der Waals surface area contributed by atoms with E-state index in [2.05, 4.69) is 20.8 Å². The van der Waals surface area contributed by atoms with Crippen LogP contribution in [0.3, 0.4) is 0 Å². The number of carbonyl (C=O) groups excluding carboxylic acids is 1. The maximum absolute atomic E-state index is 12.6. The fourth-order valence-corrected chi connectivity index (χ4v) is 5.38. The lowest BCUT2D eigenvalue weighted by atomic mass is 9.68. The van der Waals surface area contributed by atoms with E-state index in [1.54, 1.807) is 7.11 Å². The standard InChI is InChI=1S/C21H35NO5/c1-14(2)7-8-16-20(3,27-16)18-17(24-4)15(9-10-21(18)13-25-21)26-19(23)22-11-5-6-12-22/h14-18H,5-13H2,1-4H3. The third-order valence-electron chi connectivity index (χ3n) is 7.12. The first-order valence-corrected chi connectivity index (χ1v) is 10.7. The summed E-state index contributed by atoms with van der Waals surface area (Å²) in [5.74, 6) is 0.778. The summed E-state index contributed by atoms with van der Waals surface area (Å²) in [4.78, 5) is 14.4. The third kappa shape index (κ3) is 3.60. The zero-order valence-electron chi connectivity index (χ0n) is 17.2. The average molecular weight is 382 g/mol. The predicted molar refractivity (Wildman–Crippen MR) is 101 cm³/mol. The molecule has 3 aliphatic heterocycles. The first kappa shape index (κ1) is 19.5. The molecular weight excluding hydrogens is 346 g/mol. The third-order valence-corrected chi connectivity index (χ3v) is 7.12. The van der Waals surface area contributed by atoms with E-state index in [1.165, 1.54) is 0 Å². The molecule has 0 N–H and O–H groups in total. The van der Waals surface area contributed by atoms with E-state index in [9.17, 15) is 4.79 Å². The minimum atomic E-state index is -0.245. The van der Waals surface area contributed by atoms with E-state index in [4.69, 9.17) is 18.9 Å². The minimum absolute atomic E-state index is 0.109. The number of likely N-dealkylation sites (tertiary alicyclic amines) is 1. The van der Waals surface area contributed by atoms with Crippen LogP contribution in [0, 0.1) is 11.8 Å². The van der Waals surface area contributed by atoms with Crippen LogP contribution in [0.4, 0.5) is 4.79 Å². The smallest absolute Gasteiger partial charge is 0.410 e. The number of methoxy groups -OCH3 is 1. The summed E-state index contributed by atoms with van der Waals surface area (Å²) in [7, 11) is 1.73. The van der Waals surface area contributed by atoms with Crippen LogP contribution in [-0.4, -0.2) is 67.3 Å². The Morgan fingerprint density at radius 3 is 2.59 bits per heavy atom. The lowest BCUT2D eigenvalue weighted by Gasteiger charge is -2.43. The molecule has 4 aliphatic rings. The molecule has 6 nitrogen and oxygen atoms in total. The fraction of sp³-hybridized carbons (Fsp3) is 0.952. The quantitative estimate of drug-likeness (QED) is 0.660. The maximum atomic E-state index is 12.6. The summed E-state index contributed by atoms with van der Waals surface area (Å²) >= 11 is 0. The van der Waals surface area contributed by atoms with Gasteiger partial charge in [-0.05, 0) is 51.4 Å². The number of ether oxygens (including phenoxy) is 4. The van der Waals surface area contributed by atoms with Crippen molar-refractivity contribution in [2.75, 3.05) is 26.8 Å². The number of hydrogen-bond acceptors (Lipinski definition) is 5. The van der Waals surface area contributed by atoms with E-state index < -0.39 is 0 Å². The number of epoxide rings is 2. The second-order valence-electron chi connectivity index (χ2n) is 9.45. The van der Waals surface area contributed by atoms with Crippen LogP contribution in [0.2, 0.25) is 0 Å². The van der Waals surface area contributed by atoms with Gasteiger partial charge in [-0.3, -0.25) is 0 Å². The van der Waals surface area contributed by atoms with E-state index in [1.807, 2.05) is 4.90 Å². The van der Waals surface area contributed by atoms with E-state index >= 15 is 0 Å². The van der Waals surface area contributed by atoms with Crippen LogP contribution in [0.25, 0.3) is 0 Å². The Hall–Kier alpha value is -0.850. The fourth-order valence-electron chi connectivity index (χ4n) is 5.38. The predicted octanol–water partition coefficient (Wildman–Crippen LogP) is 3.38. The largest absolute Gasteiger partial charge is 0.443 e. The van der Waals surface area contributed by atoms with Crippen molar-refractivity contribution < 1.29 is 23.7 Å². The summed E-state index contributed by atoms with van der Waals surface area (Å²) in [6, 6.07) is 0. The number of rotatable bonds is 6. The summed E-state index contributed by atoms with van der Waals surface area (Å²) in [5.41, 5.74) is -0.399. The monoisotopic (exact) mass is 381 g/mol. The lowest BCUT2D eigenvalue weighted by Crippen LogP contribution is -2.56. The van der Waals surface area contributed by atoms with Crippen molar-refractivity contribution in [1.29, 1.82) is 0 Å². The van der Waals surface area contributed by atoms with E-state index in [0.717, 1.165) is 58.2 Å². The van der Waals surface area contributed by atoms with Gasteiger partial charge < -0.3 is 23.8 Å². The highest BCUT2D eigenvalue weighted by molar-refractivity contribution is 5.68. The van der Waals surface area contributed by atoms with Gasteiger partial charge in [-0.1, -0.05) is 13.8 Å². The molecule has 0 bridgehead atoms. The van der Waals surface area contributed by atoms with Gasteiger partial charge in [0.2, 0.25) is 0 Å². The molecule has 4 fully saturated rings. The van der Waals surface area contributed by atoms with Crippen molar-refractivity contribution in [3.8, 4) is 0 Å². The second kappa shape index (κ2) is 7.20. The second-order valence-corrected chi connectivity index (χ2v) is 9.45. The lowest BCUT2D eigenvalue weighted by molar-refractivity contribution is -0.121. The van der Waals surface area contributed by atoms with Gasteiger partial charge in [0, 0.05) is 20.2 Å². The molecule has 27 heavy (non-hydrogen) atoms. The molecule has 4 rings (SSSR count). The van der Waals surface area contributed by atoms with Crippen molar-refractivity contribution in [2.45, 2.75) is 88.8 Å². The van der Waals surface area contributed by atoms with Crippen LogP contribution in [0.5, 0.6) is 0 Å². The molecule has 0 aromatic rings. The van der Waals surface area contributed by atoms with Gasteiger partial charge in [-0.2, -0.15) is 0 Å². The topological polar surface area (TPSA) is 63.8 Å². The molecule has 0 radical (unpaired) electrons. The van der Waals surface area contributed by atoms with Crippen molar-refractivity contribution >= 4 is 6.09 Å². The average Bonchev–Trinajstić information content (AvgIpc) is 3.46. The Labute approximate surface area is 162 Å². The summed E-state index contributed by atoms with van der Waals surface area (Å²) in [6.07, 6.45) is 5.71. The Bertz CT molecular complexity index is 557. The number of amides is 1.